The summed E-state index contributed by atoms with van der Waals surface area (Å²) >= 11 is 0. The van der Waals surface area contributed by atoms with Crippen LogP contribution in [-0.2, 0) is 94.5 Å². The summed E-state index contributed by atoms with van der Waals surface area (Å²) in [6.45, 7) is 16.6. The topological polar surface area (TPSA) is 602 Å². The van der Waals surface area contributed by atoms with Crippen molar-refractivity contribution >= 4 is 49.4 Å². The zero-order valence-corrected chi connectivity index (χ0v) is 63.0. The number of aliphatic hydroxyl groups excluding tert-OH is 10. The third kappa shape index (κ3) is 25.4. The molecule has 39 nitrogen and oxygen atoms in total. The van der Waals surface area contributed by atoms with Gasteiger partial charge >= 0.3 is 25.9 Å². The van der Waals surface area contributed by atoms with Gasteiger partial charge in [0, 0.05) is 26.7 Å². The van der Waals surface area contributed by atoms with Crippen LogP contribution in [0.1, 0.15) is 127 Å². The maximum Gasteiger partial charge on any atom is 0.474 e. The van der Waals surface area contributed by atoms with Gasteiger partial charge < -0.3 is 145 Å². The molecule has 40 heteroatoms. The van der Waals surface area contributed by atoms with Gasteiger partial charge in [0.05, 0.1) is 32.5 Å². The average molecular weight is 1580 g/mol. The molecule has 0 spiro atoms. The van der Waals surface area contributed by atoms with Crippen LogP contribution < -0.4 is 21.7 Å². The number of amides is 4. The number of aliphatic hydroxyl groups is 11. The molecule has 4 amide bonds. The number of nitrogens with one attached hydrogen (secondary N) is 3. The van der Waals surface area contributed by atoms with Gasteiger partial charge in [-0.15, -0.1) is 0 Å². The summed E-state index contributed by atoms with van der Waals surface area (Å²) in [5.41, 5.74) is 6.20. The molecule has 109 heavy (non-hydrogen) atoms. The molecule has 0 bridgehead atoms. The molecule has 5 fully saturated rings. The maximum absolute atomic E-state index is 14.1. The maximum atomic E-state index is 14.1. The molecule has 19 N–H and O–H groups in total. The number of carbonyl (C=O) groups excluding carboxylic acids is 5. The number of carboxylic acid groups (broad SMARTS) is 2. The lowest BCUT2D eigenvalue weighted by atomic mass is 9.85. The van der Waals surface area contributed by atoms with Crippen LogP contribution in [0.15, 0.2) is 70.7 Å². The fourth-order valence-electron chi connectivity index (χ4n) is 12.6. The minimum absolute atomic E-state index is 0.131. The molecule has 0 saturated carbocycles. The SMILES string of the molecule is C=C(C/C=C(\C)CCC=C(C)C)CCC(C)(C)/C=C/CC/C(C)=C\CO[C@H](COP(=O)(O)O[C@H]1O[C@H](C(=O)O)[C@@](C)(O)[C@H](OC(N)=O)[C@H]1O[C@@H]1O[C@H](CO[C@@H]2O[C@H](CO)[C@@H](O)[C@H](O)[C@H]2O)[C@@H](O[C@@H]2O[C@H](C)[C@@H](O[C@@H]3O[C@H](C(=O)NC4=C(O)CCC4=O)[C@H](O)[C@H](O)[C@H]3O)[C@H](O)[C@H]2NC(C)=O)[C@H](O)[C@H]1NC(C)=O)C(=O)O. The first kappa shape index (κ1) is 91.7. The highest BCUT2D eigenvalue weighted by Crippen LogP contribution is 2.49. The van der Waals surface area contributed by atoms with Crippen LogP contribution in [0, 0.1) is 5.41 Å². The van der Waals surface area contributed by atoms with E-state index in [2.05, 4.69) is 75.4 Å². The van der Waals surface area contributed by atoms with Crippen molar-refractivity contribution in [2.24, 2.45) is 11.1 Å². The lowest BCUT2D eigenvalue weighted by Gasteiger charge is -2.51. The second-order valence-corrected chi connectivity index (χ2v) is 30.2. The summed E-state index contributed by atoms with van der Waals surface area (Å²) < 4.78 is 88.5. The third-order valence-electron chi connectivity index (χ3n) is 18.9. The summed E-state index contributed by atoms with van der Waals surface area (Å²) in [4.78, 5) is 101. The predicted molar refractivity (Wildman–Crippen MR) is 370 cm³/mol. The second kappa shape index (κ2) is 40.5. The van der Waals surface area contributed by atoms with Crippen molar-refractivity contribution in [1.82, 2.24) is 16.0 Å². The van der Waals surface area contributed by atoms with Gasteiger partial charge in [0.15, 0.2) is 67.8 Å². The van der Waals surface area contributed by atoms with Crippen LogP contribution in [-0.4, -0.2) is 298 Å². The van der Waals surface area contributed by atoms with E-state index in [9.17, 15) is 109 Å². The molecule has 5 heterocycles. The first-order valence-electron chi connectivity index (χ1n) is 35.3. The highest BCUT2D eigenvalue weighted by molar-refractivity contribution is 7.47. The van der Waals surface area contributed by atoms with Crippen LogP contribution in [0.2, 0.25) is 0 Å². The zero-order chi connectivity index (χ0) is 81.5. The lowest BCUT2D eigenvalue weighted by molar-refractivity contribution is -0.375. The van der Waals surface area contributed by atoms with Crippen molar-refractivity contribution in [1.29, 1.82) is 0 Å². The summed E-state index contributed by atoms with van der Waals surface area (Å²) in [5.74, 6) is -8.21. The Bertz CT molecular complexity index is 3360. The monoisotopic (exact) mass is 1580 g/mol. The largest absolute Gasteiger partial charge is 0.510 e. The molecule has 6 rings (SSSR count). The highest BCUT2D eigenvalue weighted by Gasteiger charge is 2.63. The molecule has 0 aromatic carbocycles. The standard InChI is InChI=1S/C69H107N4O35P/c1-30(2)15-14-17-31(3)18-19-33(5)22-25-68(9,10)24-13-12-16-32(4)23-26-96-41(60(88)89)29-98-109(94,95)108-66-56(57(107-67(70)92)69(11,93)58(106-66)61(90)91)105-63-44(72-36(8)76)47(81)54(40(101-63)28-97-64-51(85)48(82)45(79)39(27-74)100-64)103-62-43(71-35(7)75)46(80)53(34(6)99-62)102-65-52(86)49(83)50(84)55(104-65)59(87)73-42-37(77)20-21-38(42)78/h13,15,18,23-24,34,39-41,43-58,62-66,74,77,79-86,93H,5,12,14,16-17,19-22,25-29H2,1-4,6-11H3,(H2,70,92)(H,71,75)(H,72,76)(H,73,87)(H,88,89)(H,90,91)(H,94,95)/b24-13+,31-18+,32-23-/t34-,39-,40-,41-,43-,44-,45-,46-,47-,48+,49+,50-,51-,52-,53-,54-,55+,56-,57-,58-,62+,63+,64-,65-,66-,69+/m1/s1. The van der Waals surface area contributed by atoms with Gasteiger partial charge in [-0.05, 0) is 91.9 Å². The molecular weight excluding hydrogens is 1480 g/mol. The van der Waals surface area contributed by atoms with Gasteiger partial charge in [0.1, 0.15) is 102 Å². The fraction of sp³-hybridized carbons (Fsp3) is 0.725. The van der Waals surface area contributed by atoms with E-state index >= 15 is 0 Å². The first-order chi connectivity index (χ1) is 50.9. The number of nitrogens with two attached hydrogens (primary N) is 1. The number of ketones is 1. The Morgan fingerprint density at radius 2 is 1.29 bits per heavy atom. The van der Waals surface area contributed by atoms with Crippen molar-refractivity contribution in [2.75, 3.05) is 26.4 Å². The van der Waals surface area contributed by atoms with Crippen molar-refractivity contribution in [3.8, 4) is 0 Å². The van der Waals surface area contributed by atoms with Crippen molar-refractivity contribution < 1.29 is 171 Å². The van der Waals surface area contributed by atoms with E-state index in [-0.39, 0.29) is 24.9 Å². The molecule has 5 aliphatic heterocycles. The number of phosphoric acid groups is 1. The number of rotatable bonds is 37. The van der Waals surface area contributed by atoms with E-state index in [0.29, 0.717) is 19.8 Å². The van der Waals surface area contributed by atoms with Crippen molar-refractivity contribution in [3.05, 3.63) is 70.7 Å². The Balaban J connectivity index is 1.25. The first-order valence-corrected chi connectivity index (χ1v) is 36.8. The van der Waals surface area contributed by atoms with Crippen molar-refractivity contribution in [2.45, 2.75) is 286 Å². The van der Waals surface area contributed by atoms with Crippen LogP contribution >= 0.6 is 7.82 Å². The molecule has 27 atom stereocenters. The summed E-state index contributed by atoms with van der Waals surface area (Å²) in [6, 6.07) is -4.03. The van der Waals surface area contributed by atoms with Crippen LogP contribution in [0.3, 0.4) is 0 Å². The van der Waals surface area contributed by atoms with Gasteiger partial charge in [-0.2, -0.15) is 0 Å². The molecule has 5 saturated heterocycles. The molecule has 1 aliphatic carbocycles. The highest BCUT2D eigenvalue weighted by atomic mass is 31.2. The normalized spacial score (nSPS) is 35.6. The van der Waals surface area contributed by atoms with Crippen molar-refractivity contribution in [3.63, 3.8) is 0 Å². The average Bonchev–Trinajstić information content (AvgIpc) is 1.80. The number of aliphatic carboxylic acids is 2. The quantitative estimate of drug-likeness (QED) is 0.0250. The Kier molecular flexibility index (Phi) is 34.1. The number of Topliss-reactive ketones (excluding diaryl/α,β-unsaturated/α-hetero) is 1. The Morgan fingerprint density at radius 1 is 0.716 bits per heavy atom. The summed E-state index contributed by atoms with van der Waals surface area (Å²) in [7, 11) is -5.89. The molecule has 0 radical (unpaired) electrons. The van der Waals surface area contributed by atoms with E-state index < -0.39 is 240 Å². The number of phosphoric ester groups is 1. The molecule has 0 aromatic heterocycles. The second-order valence-electron chi connectivity index (χ2n) is 28.8. The molecule has 6 aliphatic rings. The number of carboxylic acids is 2. The number of hydrogen-bond acceptors (Lipinski definition) is 32. The van der Waals surface area contributed by atoms with Crippen LogP contribution in [0.25, 0.3) is 0 Å². The lowest BCUT2D eigenvalue weighted by Crippen LogP contribution is -2.72. The van der Waals surface area contributed by atoms with Gasteiger partial charge in [-0.3, -0.25) is 28.2 Å². The van der Waals surface area contributed by atoms with Gasteiger partial charge in [-0.1, -0.05) is 73.1 Å². The smallest absolute Gasteiger partial charge is 0.474 e. The zero-order valence-electron chi connectivity index (χ0n) is 62.1. The Hall–Kier alpha value is -6.16. The fourth-order valence-corrected chi connectivity index (χ4v) is 13.4. The number of ether oxygens (including phenoxy) is 11. The third-order valence-corrected chi connectivity index (χ3v) is 19.8. The number of hydrogen-bond donors (Lipinski definition) is 18. The molecular formula is C69H107N4O35P. The number of primary amides is 1. The van der Waals surface area contributed by atoms with Crippen LogP contribution in [0.5, 0.6) is 0 Å². The van der Waals surface area contributed by atoms with E-state index in [1.54, 1.807) is 13.0 Å². The minimum atomic E-state index is -5.89. The van der Waals surface area contributed by atoms with E-state index in [0.717, 1.165) is 57.1 Å². The Morgan fingerprint density at radius 3 is 1.88 bits per heavy atom. The molecule has 618 valence electrons. The van der Waals surface area contributed by atoms with Gasteiger partial charge in [-0.25, -0.2) is 18.9 Å². The van der Waals surface area contributed by atoms with E-state index in [1.807, 2.05) is 6.08 Å². The molecule has 1 unspecified atom stereocenters. The minimum Gasteiger partial charge on any atom is -0.510 e. The van der Waals surface area contributed by atoms with Gasteiger partial charge in [0.25, 0.3) is 5.91 Å². The summed E-state index contributed by atoms with van der Waals surface area (Å²) in [5, 5.41) is 149. The Labute approximate surface area is 628 Å². The summed E-state index contributed by atoms with van der Waals surface area (Å²) in [6.07, 6.45) is -36.2. The van der Waals surface area contributed by atoms with E-state index in [1.165, 1.54) is 18.1 Å². The molecule has 0 aromatic rings. The number of carbonyl (C=O) groups is 7. The van der Waals surface area contributed by atoms with E-state index in [4.69, 9.17) is 66.9 Å². The predicted octanol–water partition coefficient (Wildman–Crippen LogP) is -1.43. The van der Waals surface area contributed by atoms with Crippen LogP contribution in [0.4, 0.5) is 4.79 Å². The van der Waals surface area contributed by atoms with Gasteiger partial charge in [0.2, 0.25) is 11.8 Å². The number of allylic oxidation sites excluding steroid dienone is 10.